The lowest BCUT2D eigenvalue weighted by molar-refractivity contribution is 2.50. The average Bonchev–Trinajstić information content (AvgIpc) is 3.40. The summed E-state index contributed by atoms with van der Waals surface area (Å²) in [7, 11) is 0. The number of hydrogen-bond acceptors (Lipinski definition) is 0. The summed E-state index contributed by atoms with van der Waals surface area (Å²) in [5, 5.41) is 0. The molecule has 0 unspecified atom stereocenters. The van der Waals surface area contributed by atoms with E-state index in [0.717, 1.165) is 0 Å². The lowest BCUT2D eigenvalue weighted by atomic mass is 12.0. The molecule has 0 aliphatic heterocycles. The standard InChI is InChI=1S/5CH4.26H2S/h5*1H4;26*1H2/i/hT26. The van der Waals surface area contributed by atoms with E-state index < -0.39 is 0 Å². The second kappa shape index (κ2) is 685. The molecule has 31 heavy (non-hydrogen) atoms. The van der Waals surface area contributed by atoms with Crippen LogP contribution in [0.3, 0.4) is 0 Å². The van der Waals surface area contributed by atoms with Gasteiger partial charge in [0.05, 0.1) is 29.2 Å². The smallest absolute Gasteiger partial charge is 0.0985 e. The first-order chi connectivity index (χ1) is 26.0. The Labute approximate surface area is 409 Å². The van der Waals surface area contributed by atoms with Gasteiger partial charge in [-0.2, -0.15) is 348 Å². The fourth-order valence-corrected chi connectivity index (χ4v) is 0. The normalized spacial score (nSPS) is 5.87. The van der Waals surface area contributed by atoms with E-state index in [9.17, 15) is 0 Å². The maximum absolute atomic E-state index is 5.44. The van der Waals surface area contributed by atoms with Crippen molar-refractivity contribution in [3.63, 3.8) is 0 Å². The molecule has 0 atom stereocenters. The van der Waals surface area contributed by atoms with Crippen LogP contribution in [-0.4, -0.2) is 29.2 Å². The molecule has 0 aromatic carbocycles. The summed E-state index contributed by atoms with van der Waals surface area (Å²) in [6.07, 6.45) is 0. The van der Waals surface area contributed by atoms with Crippen LogP contribution in [0.25, 0.3) is 0 Å². The van der Waals surface area contributed by atoms with Gasteiger partial charge in [0.25, 0.3) is 0 Å². The van der Waals surface area contributed by atoms with Crippen molar-refractivity contribution in [3.8, 4) is 0 Å². The third kappa shape index (κ3) is 650. The Bertz CT molecular complexity index is 76.4. The van der Waals surface area contributed by atoms with Crippen LogP contribution in [0.2, 0.25) is 0 Å². The molecule has 0 nitrogen and oxygen atoms in total. The van der Waals surface area contributed by atoms with Gasteiger partial charge < -0.3 is 0 Å². The maximum atomic E-state index is 5.44. The highest BCUT2D eigenvalue weighted by Crippen LogP contribution is 0.673. The van der Waals surface area contributed by atoms with Crippen molar-refractivity contribution >= 4 is 348 Å². The molecule has 0 fully saturated rings. The fraction of sp³-hybridized carbons (Fsp3) is 1.00. The van der Waals surface area contributed by atoms with Gasteiger partial charge in [0, 0.05) is 0 Å². The maximum Gasteiger partial charge on any atom is 0.0985 e. The summed E-state index contributed by atoms with van der Waals surface area (Å²) in [5.41, 5.74) is 0. The SMILES string of the molecule is C.C.C.C.C.[3H]S.[3H]S.[3H]S.[3H]S.[3H]S.[3H]S.[3H]S.[3H]S.[3H]S.[3H]S.[3H]S.[3H]S.[3H]S.[3H]S.[3H]S.[3H]S.[3H]S.[3H]S.[3H]S.[3H]S.[3H]S.[3H]S.[3H]S.[3H]S.[3H]S.[3H]S. The van der Waals surface area contributed by atoms with Crippen molar-refractivity contribution < 1.29 is 0 Å². The van der Waals surface area contributed by atoms with E-state index in [-0.39, 0.29) is 37.1 Å². The van der Waals surface area contributed by atoms with Gasteiger partial charge in [0.1, 0.15) is 0 Å². The molecule has 0 aromatic rings. The highest BCUT2D eigenvalue weighted by molar-refractivity contribution is 7.62. The topological polar surface area (TPSA) is 0 Å². The van der Waals surface area contributed by atoms with Crippen molar-refractivity contribution in [2.24, 2.45) is 0 Å². The van der Waals surface area contributed by atoms with Gasteiger partial charge in [-0.15, -0.1) is 0 Å². The van der Waals surface area contributed by atoms with E-state index >= 15 is 0 Å². The second-order valence-corrected chi connectivity index (χ2v) is 0. The first kappa shape index (κ1) is 49.8. The molecule has 0 heterocycles. The number of hydrogen-bond donors (Lipinski definition) is 0. The molecule has 0 spiro atoms. The van der Waals surface area contributed by atoms with Gasteiger partial charge in [0.15, 0.2) is 0 Å². The molecule has 0 aliphatic rings. The van der Waals surface area contributed by atoms with Gasteiger partial charge in [-0.3, -0.25) is 0 Å². The van der Waals surface area contributed by atoms with Crippen LogP contribution in [0.4, 0.5) is 0 Å². The quantitative estimate of drug-likeness (QED) is 0.275. The van der Waals surface area contributed by atoms with E-state index in [1.807, 2.05) is 0 Å². The Morgan fingerprint density at radius 2 is 0.129 bits per heavy atom. The lowest BCUT2D eigenvalue weighted by Crippen LogP contribution is 0.143. The molecule has 0 aromatic heterocycles. The van der Waals surface area contributed by atoms with Crippen LogP contribution in [0.1, 0.15) is 37.1 Å². The molecule has 0 aliphatic carbocycles. The molecule has 248 valence electrons. The highest BCUT2D eigenvalue weighted by atomic mass is 32.1. The Morgan fingerprint density at radius 1 is 0.129 bits per heavy atom. The van der Waals surface area contributed by atoms with Gasteiger partial charge in [-0.05, 0) is 0 Å². The van der Waals surface area contributed by atoms with Gasteiger partial charge in [0.2, 0.25) is 0 Å². The van der Waals surface area contributed by atoms with Gasteiger partial charge in [-0.1, -0.05) is 37.1 Å². The van der Waals surface area contributed by atoms with E-state index in [1.165, 1.54) is 0 Å². The second-order valence-electron chi connectivity index (χ2n) is 0. The monoisotopic (exact) mass is 1020 g/mol. The van der Waals surface area contributed by atoms with Crippen molar-refractivity contribution in [2.45, 2.75) is 37.1 Å². The minimum Gasteiger partial charge on any atom is -0.197 e. The van der Waals surface area contributed by atoms with Crippen molar-refractivity contribution in [3.05, 3.63) is 0 Å². The lowest BCUT2D eigenvalue weighted by Gasteiger charge is -0.198. The first-order valence-electron chi connectivity index (χ1n) is 11.6. The van der Waals surface area contributed by atoms with E-state index in [0.29, 0.717) is 0 Å². The zero-order valence-electron chi connectivity index (χ0n) is 37.6. The summed E-state index contributed by atoms with van der Waals surface area (Å²) < 4.78 is 142. The molecule has 0 bridgehead atoms. The largest absolute Gasteiger partial charge is 0.197 e. The third-order valence-corrected chi connectivity index (χ3v) is 0. The predicted molar refractivity (Wildman–Crippen MR) is 304 cm³/mol. The summed E-state index contributed by atoms with van der Waals surface area (Å²) in [4.78, 5) is 0. The number of rotatable bonds is 0. The summed E-state index contributed by atoms with van der Waals surface area (Å²) >= 11 is 72.2. The van der Waals surface area contributed by atoms with Crippen LogP contribution in [0, 0.1) is 0 Å². The Hall–Kier alpha value is 9.10. The van der Waals surface area contributed by atoms with E-state index in [1.54, 1.807) is 0 Å². The molecule has 0 N–H and O–H groups in total. The van der Waals surface area contributed by atoms with E-state index in [2.05, 4.69) is 348 Å². The molecule has 0 rings (SSSR count). The highest BCUT2D eigenvalue weighted by Gasteiger charge is -0.0723. The molecular weight excluding hydrogens is 894 g/mol. The van der Waals surface area contributed by atoms with E-state index in [4.69, 9.17) is 29.2 Å². The Morgan fingerprint density at radius 3 is 0.129 bits per heavy atom. The fourth-order valence-electron chi connectivity index (χ4n) is 0. The summed E-state index contributed by atoms with van der Waals surface area (Å²) in [6, 6.07) is 0. The van der Waals surface area contributed by atoms with Crippen molar-refractivity contribution in [2.75, 3.05) is 0 Å². The summed E-state index contributed by atoms with van der Waals surface area (Å²) in [6.45, 7) is 0. The van der Waals surface area contributed by atoms with Crippen LogP contribution < -0.4 is 0 Å². The molecule has 26 heteroatoms. The Kier molecular flexibility index (Phi) is 1100. The first-order valence-corrected chi connectivity index (χ1v) is 0. The van der Waals surface area contributed by atoms with Crippen molar-refractivity contribution in [1.82, 2.24) is 0 Å². The molecule has 0 saturated heterocycles. The third-order valence-electron chi connectivity index (χ3n) is 0. The Balaban J connectivity index is -0.00000000424. The zero-order valence-corrected chi connectivity index (χ0v) is 34.9. The summed E-state index contributed by atoms with van der Waals surface area (Å²) in [5.74, 6) is 0. The molecule has 0 saturated carbocycles. The van der Waals surface area contributed by atoms with Gasteiger partial charge >= 0.3 is 0 Å². The molecule has 0 amide bonds. The zero-order chi connectivity index (χ0) is 52.0. The minimum absolute atomic E-state index is 0. The molecular formula is C5H72S26. The van der Waals surface area contributed by atoms with Crippen LogP contribution >= 0.6 is 348 Å². The minimum atomic E-state index is 0. The predicted octanol–water partition coefficient (Wildman–Crippen LogP) is 6.11. The van der Waals surface area contributed by atoms with Crippen LogP contribution in [0.5, 0.6) is 0 Å². The molecule has 0 radical (unpaired) electrons. The average molecular weight is 1020 g/mol. The van der Waals surface area contributed by atoms with Crippen LogP contribution in [0.15, 0.2) is 0 Å². The van der Waals surface area contributed by atoms with Crippen LogP contribution in [-0.2, 0) is 0 Å². The van der Waals surface area contributed by atoms with Gasteiger partial charge in [-0.25, -0.2) is 0 Å². The van der Waals surface area contributed by atoms with Crippen molar-refractivity contribution in [1.29, 1.82) is 29.2 Å².